The Bertz CT molecular complexity index is 1570. The SMILES string of the molecule is CCCCCOc1ccc(C2c3c(oc4ccc(C)cc4c3=O)C(=O)N2CCc2ccc(OC)c(OC)c2)cc1. The number of ether oxygens (including phenoxy) is 3. The van der Waals surface area contributed by atoms with E-state index in [1.165, 1.54) is 0 Å². The molecule has 1 unspecified atom stereocenters. The highest BCUT2D eigenvalue weighted by Gasteiger charge is 2.42. The second-order valence-corrected chi connectivity index (χ2v) is 10.1. The van der Waals surface area contributed by atoms with Crippen molar-refractivity contribution < 1.29 is 23.4 Å². The van der Waals surface area contributed by atoms with Crippen molar-refractivity contribution in [2.45, 2.75) is 45.6 Å². The van der Waals surface area contributed by atoms with Gasteiger partial charge in [0, 0.05) is 6.54 Å². The summed E-state index contributed by atoms with van der Waals surface area (Å²) < 4.78 is 22.8. The number of amides is 1. The largest absolute Gasteiger partial charge is 0.494 e. The van der Waals surface area contributed by atoms with E-state index in [2.05, 4.69) is 6.92 Å². The fourth-order valence-corrected chi connectivity index (χ4v) is 5.29. The van der Waals surface area contributed by atoms with Gasteiger partial charge in [0.05, 0.1) is 37.8 Å². The van der Waals surface area contributed by atoms with Gasteiger partial charge in [-0.1, -0.05) is 49.6 Å². The highest BCUT2D eigenvalue weighted by molar-refractivity contribution is 5.99. The number of carbonyl (C=O) groups is 1. The first-order valence-electron chi connectivity index (χ1n) is 13.8. The van der Waals surface area contributed by atoms with Crippen LogP contribution >= 0.6 is 0 Å². The van der Waals surface area contributed by atoms with E-state index in [0.29, 0.717) is 47.6 Å². The third-order valence-electron chi connectivity index (χ3n) is 7.42. The fraction of sp³-hybridized carbons (Fsp3) is 0.333. The molecule has 1 atom stereocenters. The van der Waals surface area contributed by atoms with Crippen LogP contribution in [0.1, 0.15) is 65.0 Å². The molecule has 7 nitrogen and oxygen atoms in total. The van der Waals surface area contributed by atoms with Crippen molar-refractivity contribution in [1.29, 1.82) is 0 Å². The summed E-state index contributed by atoms with van der Waals surface area (Å²) in [6.45, 7) is 5.13. The molecule has 1 aliphatic rings. The van der Waals surface area contributed by atoms with Crippen LogP contribution in [0.25, 0.3) is 11.0 Å². The maximum absolute atomic E-state index is 13.9. The van der Waals surface area contributed by atoms with Crippen molar-refractivity contribution in [2.75, 3.05) is 27.4 Å². The highest BCUT2D eigenvalue weighted by atomic mass is 16.5. The van der Waals surface area contributed by atoms with E-state index in [9.17, 15) is 9.59 Å². The van der Waals surface area contributed by atoms with Crippen molar-refractivity contribution in [3.63, 3.8) is 0 Å². The van der Waals surface area contributed by atoms with Gasteiger partial charge in [-0.15, -0.1) is 0 Å². The van der Waals surface area contributed by atoms with Crippen LogP contribution in [-0.4, -0.2) is 38.2 Å². The number of hydrogen-bond acceptors (Lipinski definition) is 6. The highest BCUT2D eigenvalue weighted by Crippen LogP contribution is 2.39. The number of unbranched alkanes of at least 4 members (excludes halogenated alkanes) is 2. The molecule has 0 saturated carbocycles. The van der Waals surface area contributed by atoms with Crippen LogP contribution in [0.5, 0.6) is 17.2 Å². The van der Waals surface area contributed by atoms with Crippen LogP contribution in [0.15, 0.2) is 69.9 Å². The second-order valence-electron chi connectivity index (χ2n) is 10.1. The van der Waals surface area contributed by atoms with E-state index >= 15 is 0 Å². The van der Waals surface area contributed by atoms with Crippen LogP contribution in [0.2, 0.25) is 0 Å². The Morgan fingerprint density at radius 3 is 2.40 bits per heavy atom. The van der Waals surface area contributed by atoms with Gasteiger partial charge in [0.1, 0.15) is 11.3 Å². The van der Waals surface area contributed by atoms with Crippen LogP contribution in [0.3, 0.4) is 0 Å². The van der Waals surface area contributed by atoms with Gasteiger partial charge in [0.25, 0.3) is 5.91 Å². The molecule has 0 N–H and O–H groups in total. The van der Waals surface area contributed by atoms with Crippen LogP contribution < -0.4 is 19.6 Å². The molecule has 40 heavy (non-hydrogen) atoms. The normalized spacial score (nSPS) is 14.4. The molecule has 0 spiro atoms. The van der Waals surface area contributed by atoms with Gasteiger partial charge in [0.2, 0.25) is 5.76 Å². The molecule has 0 radical (unpaired) electrons. The molecule has 0 saturated heterocycles. The zero-order valence-electron chi connectivity index (χ0n) is 23.5. The summed E-state index contributed by atoms with van der Waals surface area (Å²) in [7, 11) is 3.19. The average Bonchev–Trinajstić information content (AvgIpc) is 3.26. The molecular weight excluding hydrogens is 506 g/mol. The Labute approximate surface area is 234 Å². The number of carbonyl (C=O) groups excluding carboxylic acids is 1. The molecular formula is C33H35NO6. The van der Waals surface area contributed by atoms with E-state index in [0.717, 1.165) is 41.7 Å². The maximum atomic E-state index is 13.9. The topological polar surface area (TPSA) is 78.2 Å². The van der Waals surface area contributed by atoms with Gasteiger partial charge in [-0.2, -0.15) is 0 Å². The maximum Gasteiger partial charge on any atom is 0.290 e. The van der Waals surface area contributed by atoms with Crippen molar-refractivity contribution in [1.82, 2.24) is 4.90 Å². The Balaban J connectivity index is 1.51. The summed E-state index contributed by atoms with van der Waals surface area (Å²) in [6, 6.07) is 18.3. The Hall–Kier alpha value is -4.26. The van der Waals surface area contributed by atoms with Crippen molar-refractivity contribution >= 4 is 16.9 Å². The lowest BCUT2D eigenvalue weighted by atomic mass is 9.98. The minimum atomic E-state index is -0.571. The average molecular weight is 542 g/mol. The van der Waals surface area contributed by atoms with E-state index in [1.807, 2.05) is 61.5 Å². The van der Waals surface area contributed by atoms with E-state index in [-0.39, 0.29) is 17.1 Å². The molecule has 0 fully saturated rings. The zero-order valence-corrected chi connectivity index (χ0v) is 23.5. The number of rotatable bonds is 11. The third-order valence-corrected chi connectivity index (χ3v) is 7.42. The van der Waals surface area contributed by atoms with Crippen molar-refractivity contribution in [3.8, 4) is 17.2 Å². The summed E-state index contributed by atoms with van der Waals surface area (Å²) in [6.07, 6.45) is 3.81. The second kappa shape index (κ2) is 11.9. The number of aryl methyl sites for hydroxylation is 1. The molecule has 1 amide bonds. The lowest BCUT2D eigenvalue weighted by molar-refractivity contribution is 0.0730. The predicted molar refractivity (Wildman–Crippen MR) is 155 cm³/mol. The number of hydrogen-bond donors (Lipinski definition) is 0. The molecule has 0 aliphatic carbocycles. The van der Waals surface area contributed by atoms with Gasteiger partial charge in [-0.25, -0.2) is 0 Å². The summed E-state index contributed by atoms with van der Waals surface area (Å²) in [4.78, 5) is 29.4. The van der Waals surface area contributed by atoms with E-state index in [1.54, 1.807) is 25.2 Å². The summed E-state index contributed by atoms with van der Waals surface area (Å²) in [5.41, 5.74) is 3.39. The first-order chi connectivity index (χ1) is 19.4. The molecule has 2 heterocycles. The van der Waals surface area contributed by atoms with Gasteiger partial charge in [-0.05, 0) is 67.3 Å². The fourth-order valence-electron chi connectivity index (χ4n) is 5.29. The predicted octanol–water partition coefficient (Wildman–Crippen LogP) is 6.48. The monoisotopic (exact) mass is 541 g/mol. The third kappa shape index (κ3) is 5.28. The molecule has 4 aromatic rings. The van der Waals surface area contributed by atoms with Crippen molar-refractivity contribution in [3.05, 3.63) is 98.9 Å². The minimum Gasteiger partial charge on any atom is -0.494 e. The number of fused-ring (bicyclic) bond motifs is 2. The van der Waals surface area contributed by atoms with Gasteiger partial charge >= 0.3 is 0 Å². The quantitative estimate of drug-likeness (QED) is 0.202. The molecule has 1 aliphatic heterocycles. The first-order valence-corrected chi connectivity index (χ1v) is 13.8. The smallest absolute Gasteiger partial charge is 0.290 e. The van der Waals surface area contributed by atoms with E-state index < -0.39 is 6.04 Å². The Morgan fingerprint density at radius 1 is 0.900 bits per heavy atom. The summed E-state index contributed by atoms with van der Waals surface area (Å²) >= 11 is 0. The van der Waals surface area contributed by atoms with E-state index in [4.69, 9.17) is 18.6 Å². The Kier molecular flexibility index (Phi) is 8.10. The van der Waals surface area contributed by atoms with Crippen LogP contribution in [0.4, 0.5) is 0 Å². The first kappa shape index (κ1) is 27.3. The zero-order chi connectivity index (χ0) is 28.2. The van der Waals surface area contributed by atoms with Crippen LogP contribution in [-0.2, 0) is 6.42 Å². The molecule has 7 heteroatoms. The molecule has 208 valence electrons. The minimum absolute atomic E-state index is 0.110. The standard InChI is InChI=1S/C33H35NO6/c1-5-6-7-18-39-24-12-10-23(11-13-24)30-29-31(35)25-19-21(2)8-14-26(25)40-32(29)33(36)34(30)17-16-22-9-15-27(37-3)28(20-22)38-4/h8-15,19-20,30H,5-7,16-18H2,1-4H3. The number of methoxy groups -OCH3 is 2. The van der Waals surface area contributed by atoms with Gasteiger partial charge < -0.3 is 23.5 Å². The molecule has 5 rings (SSSR count). The van der Waals surface area contributed by atoms with Gasteiger partial charge in [0.15, 0.2) is 16.9 Å². The number of nitrogens with zero attached hydrogens (tertiary/aromatic N) is 1. The molecule has 1 aromatic heterocycles. The Morgan fingerprint density at radius 2 is 1.68 bits per heavy atom. The van der Waals surface area contributed by atoms with Crippen LogP contribution in [0, 0.1) is 6.92 Å². The molecule has 0 bridgehead atoms. The molecule has 3 aromatic carbocycles. The lowest BCUT2D eigenvalue weighted by Crippen LogP contribution is -2.31. The lowest BCUT2D eigenvalue weighted by Gasteiger charge is -2.25. The van der Waals surface area contributed by atoms with Gasteiger partial charge in [-0.3, -0.25) is 9.59 Å². The summed E-state index contributed by atoms with van der Waals surface area (Å²) in [5.74, 6) is 1.85. The number of benzene rings is 3. The summed E-state index contributed by atoms with van der Waals surface area (Å²) in [5, 5.41) is 0.481. The van der Waals surface area contributed by atoms with Crippen molar-refractivity contribution in [2.24, 2.45) is 0 Å².